The van der Waals surface area contributed by atoms with Crippen molar-refractivity contribution in [3.8, 4) is 0 Å². The van der Waals surface area contributed by atoms with Gasteiger partial charge in [-0.15, -0.1) is 0 Å². The molecule has 0 radical (unpaired) electrons. The maximum Gasteiger partial charge on any atom is 0.248 e. The number of hydrogen-bond acceptors (Lipinski definition) is 2. The van der Waals surface area contributed by atoms with E-state index in [1.54, 1.807) is 13.2 Å². The molecule has 3 rings (SSSR count). The van der Waals surface area contributed by atoms with Crippen LogP contribution in [0, 0.1) is 0 Å². The van der Waals surface area contributed by atoms with Gasteiger partial charge >= 0.3 is 0 Å². The topological polar surface area (TPSA) is 54.1 Å². The number of nitrogens with one attached hydrogen (secondary N) is 2. The van der Waals surface area contributed by atoms with Gasteiger partial charge in [0.05, 0.1) is 6.61 Å². The van der Waals surface area contributed by atoms with Gasteiger partial charge in [0, 0.05) is 36.5 Å². The van der Waals surface area contributed by atoms with Crippen LogP contribution < -0.4 is 5.32 Å². The Morgan fingerprint density at radius 2 is 1.86 bits per heavy atom. The fourth-order valence-corrected chi connectivity index (χ4v) is 3.06. The van der Waals surface area contributed by atoms with Crippen LogP contribution in [-0.2, 0) is 21.4 Å². The molecule has 0 atom stereocenters. The molecule has 0 aliphatic carbocycles. The van der Waals surface area contributed by atoms with E-state index in [2.05, 4.69) is 49.3 Å². The van der Waals surface area contributed by atoms with E-state index in [4.69, 9.17) is 4.74 Å². The predicted molar refractivity (Wildman–Crippen MR) is 117 cm³/mol. The number of anilines is 1. The number of hydrogen-bond donors (Lipinski definition) is 2. The lowest BCUT2D eigenvalue weighted by Crippen LogP contribution is -2.10. The summed E-state index contributed by atoms with van der Waals surface area (Å²) in [5.74, 6) is -0.148. The molecule has 3 aromatic rings. The zero-order valence-electron chi connectivity index (χ0n) is 17.0. The molecule has 0 fully saturated rings. The number of carbonyl (C=O) groups excluding carboxylic acids is 1. The van der Waals surface area contributed by atoms with Crippen molar-refractivity contribution >= 4 is 28.6 Å². The van der Waals surface area contributed by atoms with Gasteiger partial charge in [0.2, 0.25) is 5.91 Å². The molecule has 0 bridgehead atoms. The summed E-state index contributed by atoms with van der Waals surface area (Å²) < 4.78 is 5.12. The Kier molecular flexibility index (Phi) is 6.00. The highest BCUT2D eigenvalue weighted by molar-refractivity contribution is 6.02. The van der Waals surface area contributed by atoms with Gasteiger partial charge in [0.25, 0.3) is 0 Å². The Labute approximate surface area is 166 Å². The Morgan fingerprint density at radius 3 is 2.54 bits per heavy atom. The summed E-state index contributed by atoms with van der Waals surface area (Å²) in [6.45, 7) is 7.24. The van der Waals surface area contributed by atoms with E-state index in [-0.39, 0.29) is 11.3 Å². The lowest BCUT2D eigenvalue weighted by Gasteiger charge is -2.18. The first-order chi connectivity index (χ1) is 13.3. The third kappa shape index (κ3) is 5.11. The van der Waals surface area contributed by atoms with Crippen molar-refractivity contribution < 1.29 is 9.53 Å². The van der Waals surface area contributed by atoms with Gasteiger partial charge in [-0.05, 0) is 46.2 Å². The summed E-state index contributed by atoms with van der Waals surface area (Å²) >= 11 is 0. The molecule has 1 amide bonds. The highest BCUT2D eigenvalue weighted by Gasteiger charge is 2.12. The van der Waals surface area contributed by atoms with Crippen LogP contribution >= 0.6 is 0 Å². The van der Waals surface area contributed by atoms with E-state index in [9.17, 15) is 4.79 Å². The second-order valence-electron chi connectivity index (χ2n) is 8.03. The number of aromatic nitrogens is 1. The number of rotatable bonds is 6. The van der Waals surface area contributed by atoms with E-state index in [1.165, 1.54) is 5.56 Å². The number of carbonyl (C=O) groups is 1. The first-order valence-corrected chi connectivity index (χ1v) is 9.55. The zero-order valence-corrected chi connectivity index (χ0v) is 17.0. The van der Waals surface area contributed by atoms with Crippen LogP contribution in [0.2, 0.25) is 0 Å². The second-order valence-corrected chi connectivity index (χ2v) is 8.03. The van der Waals surface area contributed by atoms with Crippen molar-refractivity contribution in [2.24, 2.45) is 0 Å². The molecular weight excluding hydrogens is 348 g/mol. The van der Waals surface area contributed by atoms with Crippen LogP contribution in [-0.4, -0.2) is 24.6 Å². The van der Waals surface area contributed by atoms with Crippen molar-refractivity contribution in [2.75, 3.05) is 19.0 Å². The maximum atomic E-state index is 12.3. The standard InChI is InChI=1S/C24H28N2O2/c1-24(2,3)19-9-5-17(6-10-19)7-12-23(27)26-20-11-8-18-15-21(13-14-28-4)25-22(18)16-20/h5-12,15-16,25H,13-14H2,1-4H3,(H,26,27)/b12-7+. The summed E-state index contributed by atoms with van der Waals surface area (Å²) in [5, 5.41) is 4.05. The minimum atomic E-state index is -0.148. The van der Waals surface area contributed by atoms with Crippen molar-refractivity contribution in [2.45, 2.75) is 32.6 Å². The molecule has 0 saturated heterocycles. The van der Waals surface area contributed by atoms with E-state index in [0.29, 0.717) is 6.61 Å². The highest BCUT2D eigenvalue weighted by atomic mass is 16.5. The van der Waals surface area contributed by atoms with Crippen molar-refractivity contribution in [3.63, 3.8) is 0 Å². The fraction of sp³-hybridized carbons (Fsp3) is 0.292. The summed E-state index contributed by atoms with van der Waals surface area (Å²) in [6.07, 6.45) is 4.23. The number of H-pyrrole nitrogens is 1. The molecule has 0 aliphatic rings. The predicted octanol–water partition coefficient (Wildman–Crippen LogP) is 5.31. The number of aromatic amines is 1. The minimum Gasteiger partial charge on any atom is -0.384 e. The summed E-state index contributed by atoms with van der Waals surface area (Å²) in [5.41, 5.74) is 5.30. The molecule has 4 nitrogen and oxygen atoms in total. The number of benzene rings is 2. The Morgan fingerprint density at radius 1 is 1.11 bits per heavy atom. The number of ether oxygens (including phenoxy) is 1. The minimum absolute atomic E-state index is 0.125. The van der Waals surface area contributed by atoms with Gasteiger partial charge in [-0.25, -0.2) is 0 Å². The molecule has 1 aromatic heterocycles. The molecule has 2 aromatic carbocycles. The molecule has 4 heteroatoms. The normalized spacial score (nSPS) is 12.0. The van der Waals surface area contributed by atoms with E-state index in [1.807, 2.05) is 36.4 Å². The van der Waals surface area contributed by atoms with Crippen LogP contribution in [0.15, 0.2) is 54.6 Å². The first kappa shape index (κ1) is 19.9. The zero-order chi connectivity index (χ0) is 20.1. The lowest BCUT2D eigenvalue weighted by atomic mass is 9.87. The van der Waals surface area contributed by atoms with Crippen LogP contribution in [0.5, 0.6) is 0 Å². The van der Waals surface area contributed by atoms with Crippen molar-refractivity contribution in [3.05, 3.63) is 71.4 Å². The Hall–Kier alpha value is -2.85. The van der Waals surface area contributed by atoms with E-state index in [0.717, 1.165) is 34.3 Å². The van der Waals surface area contributed by atoms with Gasteiger partial charge in [-0.2, -0.15) is 0 Å². The molecule has 1 heterocycles. The summed E-state index contributed by atoms with van der Waals surface area (Å²) in [6, 6.07) is 16.3. The smallest absolute Gasteiger partial charge is 0.248 e. The second kappa shape index (κ2) is 8.44. The lowest BCUT2D eigenvalue weighted by molar-refractivity contribution is -0.111. The third-order valence-electron chi connectivity index (χ3n) is 4.73. The van der Waals surface area contributed by atoms with Gasteiger partial charge in [0.1, 0.15) is 0 Å². The molecule has 0 unspecified atom stereocenters. The van der Waals surface area contributed by atoms with E-state index < -0.39 is 0 Å². The van der Waals surface area contributed by atoms with Gasteiger partial charge in [0.15, 0.2) is 0 Å². The Bertz CT molecular complexity index is 976. The first-order valence-electron chi connectivity index (χ1n) is 9.55. The molecule has 28 heavy (non-hydrogen) atoms. The SMILES string of the molecule is COCCc1cc2ccc(NC(=O)/C=C/c3ccc(C(C)(C)C)cc3)cc2[nH]1. The average Bonchev–Trinajstić information content (AvgIpc) is 3.06. The quantitative estimate of drug-likeness (QED) is 0.573. The highest BCUT2D eigenvalue weighted by Crippen LogP contribution is 2.23. The fourth-order valence-electron chi connectivity index (χ4n) is 3.06. The molecule has 0 spiro atoms. The summed E-state index contributed by atoms with van der Waals surface area (Å²) in [4.78, 5) is 15.6. The monoisotopic (exact) mass is 376 g/mol. The van der Waals surface area contributed by atoms with Crippen molar-refractivity contribution in [1.82, 2.24) is 4.98 Å². The summed E-state index contributed by atoms with van der Waals surface area (Å²) in [7, 11) is 1.70. The maximum absolute atomic E-state index is 12.3. The van der Waals surface area contributed by atoms with Gasteiger partial charge < -0.3 is 15.0 Å². The van der Waals surface area contributed by atoms with Crippen LogP contribution in [0.25, 0.3) is 17.0 Å². The van der Waals surface area contributed by atoms with Crippen LogP contribution in [0.3, 0.4) is 0 Å². The number of methoxy groups -OCH3 is 1. The third-order valence-corrected chi connectivity index (χ3v) is 4.73. The van der Waals surface area contributed by atoms with E-state index >= 15 is 0 Å². The van der Waals surface area contributed by atoms with Crippen molar-refractivity contribution in [1.29, 1.82) is 0 Å². The number of amides is 1. The van der Waals surface area contributed by atoms with Gasteiger partial charge in [-0.1, -0.05) is 51.1 Å². The van der Waals surface area contributed by atoms with Crippen LogP contribution in [0.4, 0.5) is 5.69 Å². The molecular formula is C24H28N2O2. The number of fused-ring (bicyclic) bond motifs is 1. The average molecular weight is 377 g/mol. The molecule has 146 valence electrons. The molecule has 2 N–H and O–H groups in total. The molecule has 0 saturated carbocycles. The van der Waals surface area contributed by atoms with Gasteiger partial charge in [-0.3, -0.25) is 4.79 Å². The Balaban J connectivity index is 1.64. The van der Waals surface area contributed by atoms with Crippen LogP contribution in [0.1, 0.15) is 37.6 Å². The largest absolute Gasteiger partial charge is 0.384 e. The molecule has 0 aliphatic heterocycles.